The Hall–Kier alpha value is -3.23. The number of aliphatic hydroxyl groups excluding tert-OH is 1. The summed E-state index contributed by atoms with van der Waals surface area (Å²) in [4.78, 5) is 34.1. The first-order valence-corrected chi connectivity index (χ1v) is 11.8. The minimum Gasteiger partial charge on any atom is -0.507 e. The molecule has 4 rings (SSSR count). The second kappa shape index (κ2) is 11.3. The van der Waals surface area contributed by atoms with Crippen LogP contribution in [0.2, 0.25) is 0 Å². The summed E-state index contributed by atoms with van der Waals surface area (Å²) in [5.74, 6) is -0.791. The van der Waals surface area contributed by atoms with E-state index in [4.69, 9.17) is 9.47 Å². The van der Waals surface area contributed by atoms with E-state index in [1.165, 1.54) is 0 Å². The number of morpholine rings is 1. The van der Waals surface area contributed by atoms with Gasteiger partial charge in [0, 0.05) is 44.1 Å². The Morgan fingerprint density at radius 2 is 1.91 bits per heavy atom. The van der Waals surface area contributed by atoms with Gasteiger partial charge in [0.15, 0.2) is 0 Å². The summed E-state index contributed by atoms with van der Waals surface area (Å²) in [5, 5.41) is 11.2. The van der Waals surface area contributed by atoms with Crippen LogP contribution in [0.25, 0.3) is 5.76 Å². The van der Waals surface area contributed by atoms with E-state index in [1.54, 1.807) is 47.6 Å². The standard InChI is InChI=1S/C26H31N3O5/c1-2-3-15-34-21-8-6-19(7-9-21)24(30)22-23(20-5-4-10-27-18-20)29(26(32)25(22)31)12-11-28-13-16-33-17-14-28/h4-10,18,23,30H,2-3,11-17H2,1H3/t23-/m1/s1. The molecule has 2 aromatic rings. The molecule has 0 saturated carbocycles. The monoisotopic (exact) mass is 465 g/mol. The zero-order valence-corrected chi connectivity index (χ0v) is 19.5. The Bertz CT molecular complexity index is 1020. The predicted octanol–water partition coefficient (Wildman–Crippen LogP) is 3.01. The Balaban J connectivity index is 1.63. The number of ether oxygens (including phenoxy) is 2. The third-order valence-corrected chi connectivity index (χ3v) is 6.20. The molecule has 1 aromatic carbocycles. The molecule has 8 heteroatoms. The molecule has 1 amide bonds. The van der Waals surface area contributed by atoms with Gasteiger partial charge in [-0.05, 0) is 42.3 Å². The molecule has 1 N–H and O–H groups in total. The lowest BCUT2D eigenvalue weighted by Gasteiger charge is -2.30. The number of nitrogens with zero attached hydrogens (tertiary/aromatic N) is 3. The first-order chi connectivity index (χ1) is 16.6. The molecule has 2 aliphatic heterocycles. The maximum atomic E-state index is 13.1. The molecule has 1 atom stereocenters. The zero-order chi connectivity index (χ0) is 23.9. The molecule has 0 bridgehead atoms. The number of carbonyl (C=O) groups is 2. The van der Waals surface area contributed by atoms with E-state index in [9.17, 15) is 14.7 Å². The Kier molecular flexibility index (Phi) is 7.92. The summed E-state index contributed by atoms with van der Waals surface area (Å²) >= 11 is 0. The van der Waals surface area contributed by atoms with Gasteiger partial charge in [-0.15, -0.1) is 0 Å². The van der Waals surface area contributed by atoms with Crippen molar-refractivity contribution in [3.8, 4) is 5.75 Å². The second-order valence-electron chi connectivity index (χ2n) is 8.46. The number of unbranched alkanes of at least 4 members (excludes halogenated alkanes) is 1. The van der Waals surface area contributed by atoms with Crippen LogP contribution < -0.4 is 4.74 Å². The van der Waals surface area contributed by atoms with Gasteiger partial charge in [0.2, 0.25) is 0 Å². The molecule has 8 nitrogen and oxygen atoms in total. The van der Waals surface area contributed by atoms with Crippen molar-refractivity contribution in [3.05, 3.63) is 65.5 Å². The lowest BCUT2D eigenvalue weighted by atomic mass is 9.96. The summed E-state index contributed by atoms with van der Waals surface area (Å²) in [6.45, 7) is 6.59. The number of aromatic nitrogens is 1. The van der Waals surface area contributed by atoms with Crippen molar-refractivity contribution in [1.82, 2.24) is 14.8 Å². The highest BCUT2D eigenvalue weighted by atomic mass is 16.5. The van der Waals surface area contributed by atoms with Crippen molar-refractivity contribution in [3.63, 3.8) is 0 Å². The van der Waals surface area contributed by atoms with E-state index in [1.807, 2.05) is 6.07 Å². The molecule has 1 aromatic heterocycles. The number of aliphatic hydroxyl groups is 1. The van der Waals surface area contributed by atoms with Crippen LogP contribution in [0, 0.1) is 0 Å². The van der Waals surface area contributed by atoms with Crippen molar-refractivity contribution in [2.24, 2.45) is 0 Å². The Morgan fingerprint density at radius 1 is 1.15 bits per heavy atom. The van der Waals surface area contributed by atoms with Crippen LogP contribution in [-0.2, 0) is 14.3 Å². The smallest absolute Gasteiger partial charge is 0.295 e. The van der Waals surface area contributed by atoms with E-state index >= 15 is 0 Å². The highest BCUT2D eigenvalue weighted by Gasteiger charge is 2.46. The van der Waals surface area contributed by atoms with Gasteiger partial charge in [0.1, 0.15) is 11.5 Å². The topological polar surface area (TPSA) is 92.2 Å². The fraction of sp³-hybridized carbons (Fsp3) is 0.423. The van der Waals surface area contributed by atoms with Crippen molar-refractivity contribution in [2.45, 2.75) is 25.8 Å². The summed E-state index contributed by atoms with van der Waals surface area (Å²) in [5.41, 5.74) is 1.23. The molecule has 0 unspecified atom stereocenters. The number of rotatable bonds is 9. The summed E-state index contributed by atoms with van der Waals surface area (Å²) < 4.78 is 11.1. The quantitative estimate of drug-likeness (QED) is 0.263. The maximum Gasteiger partial charge on any atom is 0.295 e. The van der Waals surface area contributed by atoms with Gasteiger partial charge in [-0.2, -0.15) is 0 Å². The molecular weight excluding hydrogens is 434 g/mol. The van der Waals surface area contributed by atoms with Crippen LogP contribution in [-0.4, -0.2) is 77.6 Å². The number of benzene rings is 1. The fourth-order valence-electron chi connectivity index (χ4n) is 4.27. The van der Waals surface area contributed by atoms with Crippen LogP contribution in [0.1, 0.15) is 36.9 Å². The predicted molar refractivity (Wildman–Crippen MR) is 127 cm³/mol. The van der Waals surface area contributed by atoms with E-state index in [0.717, 1.165) is 25.9 Å². The summed E-state index contributed by atoms with van der Waals surface area (Å²) in [6.07, 6.45) is 5.27. The lowest BCUT2D eigenvalue weighted by Crippen LogP contribution is -2.42. The molecule has 0 spiro atoms. The van der Waals surface area contributed by atoms with Gasteiger partial charge >= 0.3 is 0 Å². The van der Waals surface area contributed by atoms with Gasteiger partial charge < -0.3 is 19.5 Å². The molecule has 34 heavy (non-hydrogen) atoms. The first-order valence-electron chi connectivity index (χ1n) is 11.8. The number of pyridine rings is 1. The van der Waals surface area contributed by atoms with Crippen molar-refractivity contribution in [2.75, 3.05) is 46.0 Å². The third kappa shape index (κ3) is 5.29. The molecular formula is C26H31N3O5. The van der Waals surface area contributed by atoms with Crippen LogP contribution >= 0.6 is 0 Å². The number of hydrogen-bond acceptors (Lipinski definition) is 7. The molecule has 180 valence electrons. The SMILES string of the molecule is CCCCOc1ccc(C(O)=C2C(=O)C(=O)N(CCN3CCOCC3)[C@@H]2c2cccnc2)cc1. The average molecular weight is 466 g/mol. The van der Waals surface area contributed by atoms with Gasteiger partial charge in [-0.25, -0.2) is 0 Å². The largest absolute Gasteiger partial charge is 0.507 e. The number of likely N-dealkylation sites (tertiary alicyclic amines) is 1. The summed E-state index contributed by atoms with van der Waals surface area (Å²) in [7, 11) is 0. The van der Waals surface area contributed by atoms with Gasteiger partial charge in [0.05, 0.1) is 31.4 Å². The van der Waals surface area contributed by atoms with Crippen molar-refractivity contribution in [1.29, 1.82) is 0 Å². The number of Topliss-reactive ketones (excluding diaryl/α,β-unsaturated/α-hetero) is 1. The van der Waals surface area contributed by atoms with E-state index in [-0.39, 0.29) is 11.3 Å². The Labute approximate surface area is 199 Å². The van der Waals surface area contributed by atoms with E-state index in [2.05, 4.69) is 16.8 Å². The molecule has 2 aliphatic rings. The van der Waals surface area contributed by atoms with Crippen molar-refractivity contribution < 1.29 is 24.2 Å². The van der Waals surface area contributed by atoms with Gasteiger partial charge in [-0.3, -0.25) is 19.5 Å². The normalized spacial score (nSPS) is 20.6. The average Bonchev–Trinajstić information content (AvgIpc) is 3.13. The highest BCUT2D eigenvalue weighted by molar-refractivity contribution is 6.46. The number of hydrogen-bond donors (Lipinski definition) is 1. The third-order valence-electron chi connectivity index (χ3n) is 6.20. The second-order valence-corrected chi connectivity index (χ2v) is 8.46. The molecule has 3 heterocycles. The van der Waals surface area contributed by atoms with Crippen LogP contribution in [0.15, 0.2) is 54.4 Å². The lowest BCUT2D eigenvalue weighted by molar-refractivity contribution is -0.140. The molecule has 0 aliphatic carbocycles. The molecule has 2 saturated heterocycles. The van der Waals surface area contributed by atoms with E-state index < -0.39 is 17.7 Å². The van der Waals surface area contributed by atoms with Crippen LogP contribution in [0.3, 0.4) is 0 Å². The maximum absolute atomic E-state index is 13.1. The van der Waals surface area contributed by atoms with Gasteiger partial charge in [-0.1, -0.05) is 19.4 Å². The molecule has 0 radical (unpaired) electrons. The first kappa shape index (κ1) is 23.9. The number of carbonyl (C=O) groups excluding carboxylic acids is 2. The van der Waals surface area contributed by atoms with E-state index in [0.29, 0.717) is 49.8 Å². The van der Waals surface area contributed by atoms with Gasteiger partial charge in [0.25, 0.3) is 11.7 Å². The fourth-order valence-corrected chi connectivity index (χ4v) is 4.27. The van der Waals surface area contributed by atoms with Crippen LogP contribution in [0.5, 0.6) is 5.75 Å². The number of amides is 1. The molecule has 2 fully saturated rings. The summed E-state index contributed by atoms with van der Waals surface area (Å²) in [6, 6.07) is 9.82. The Morgan fingerprint density at radius 3 is 2.59 bits per heavy atom. The minimum absolute atomic E-state index is 0.0830. The number of ketones is 1. The van der Waals surface area contributed by atoms with Crippen LogP contribution in [0.4, 0.5) is 0 Å². The van der Waals surface area contributed by atoms with Crippen molar-refractivity contribution >= 4 is 17.4 Å². The minimum atomic E-state index is -0.699. The zero-order valence-electron chi connectivity index (χ0n) is 19.5. The highest BCUT2D eigenvalue weighted by Crippen LogP contribution is 2.39.